The molecular formula is C5H4FNO. The number of pyridine rings is 1. The maximum atomic E-state index is 11.2. The van der Waals surface area contributed by atoms with Gasteiger partial charge in [0.25, 0.3) is 0 Å². The molecule has 2 nitrogen and oxygen atoms in total. The molecule has 1 heterocycles. The number of rotatable bonds is 1. The summed E-state index contributed by atoms with van der Waals surface area (Å²) in [5.74, 6) is 0.132. The molecule has 0 aliphatic carbocycles. The molecule has 0 saturated carbocycles. The highest BCUT2D eigenvalue weighted by Gasteiger charge is 1.85. The van der Waals surface area contributed by atoms with Crippen LogP contribution in [0, 0.1) is 0 Å². The van der Waals surface area contributed by atoms with Crippen LogP contribution in [-0.4, -0.2) is 4.98 Å². The Hall–Kier alpha value is -1.12. The van der Waals surface area contributed by atoms with Crippen LogP contribution in [0.4, 0.5) is 4.53 Å². The van der Waals surface area contributed by atoms with Gasteiger partial charge < -0.3 is 0 Å². The molecule has 0 aromatic carbocycles. The van der Waals surface area contributed by atoms with E-state index in [1.54, 1.807) is 12.3 Å². The van der Waals surface area contributed by atoms with Crippen LogP contribution in [0.15, 0.2) is 24.5 Å². The van der Waals surface area contributed by atoms with Crippen LogP contribution < -0.4 is 4.94 Å². The Morgan fingerprint density at radius 1 is 1.62 bits per heavy atom. The zero-order valence-corrected chi connectivity index (χ0v) is 4.04. The lowest BCUT2D eigenvalue weighted by atomic mass is 10.5. The van der Waals surface area contributed by atoms with Gasteiger partial charge in [0.15, 0.2) is 5.75 Å². The first kappa shape index (κ1) is 5.03. The minimum atomic E-state index is 0.132. The van der Waals surface area contributed by atoms with Gasteiger partial charge in [-0.2, -0.15) is 0 Å². The topological polar surface area (TPSA) is 22.1 Å². The second kappa shape index (κ2) is 2.26. The van der Waals surface area contributed by atoms with Crippen molar-refractivity contribution in [1.29, 1.82) is 0 Å². The molecule has 42 valence electrons. The van der Waals surface area contributed by atoms with Gasteiger partial charge in [0.2, 0.25) is 0 Å². The molecule has 0 fully saturated rings. The lowest BCUT2D eigenvalue weighted by Crippen LogP contribution is -1.74. The van der Waals surface area contributed by atoms with Crippen molar-refractivity contribution < 1.29 is 9.47 Å². The Morgan fingerprint density at radius 3 is 2.88 bits per heavy atom. The number of hydrogen-bond acceptors (Lipinski definition) is 2. The summed E-state index contributed by atoms with van der Waals surface area (Å²) in [4.78, 5) is 6.94. The van der Waals surface area contributed by atoms with Crippen LogP contribution in [0.5, 0.6) is 5.75 Å². The Kier molecular flexibility index (Phi) is 1.42. The van der Waals surface area contributed by atoms with Crippen LogP contribution in [-0.2, 0) is 0 Å². The lowest BCUT2D eigenvalue weighted by Gasteiger charge is -1.86. The van der Waals surface area contributed by atoms with Crippen molar-refractivity contribution in [2.24, 2.45) is 0 Å². The first-order chi connectivity index (χ1) is 3.93. The van der Waals surface area contributed by atoms with Gasteiger partial charge >= 0.3 is 0 Å². The van der Waals surface area contributed by atoms with Gasteiger partial charge in [-0.15, -0.1) is 0 Å². The van der Waals surface area contributed by atoms with Crippen molar-refractivity contribution >= 4 is 0 Å². The highest BCUT2D eigenvalue weighted by Crippen LogP contribution is 2.04. The van der Waals surface area contributed by atoms with Crippen molar-refractivity contribution in [3.63, 3.8) is 0 Å². The van der Waals surface area contributed by atoms with E-state index in [9.17, 15) is 4.53 Å². The highest BCUT2D eigenvalue weighted by atomic mass is 19.3. The third-order valence-electron chi connectivity index (χ3n) is 0.723. The van der Waals surface area contributed by atoms with E-state index in [0.717, 1.165) is 0 Å². The lowest BCUT2D eigenvalue weighted by molar-refractivity contribution is -0.00663. The van der Waals surface area contributed by atoms with Gasteiger partial charge in [0.05, 0.1) is 6.20 Å². The summed E-state index contributed by atoms with van der Waals surface area (Å²) in [7, 11) is 0. The van der Waals surface area contributed by atoms with Gasteiger partial charge in [-0.3, -0.25) is 9.93 Å². The van der Waals surface area contributed by atoms with E-state index in [4.69, 9.17) is 0 Å². The standard InChI is InChI=1S/C5H4FNO/c6-8-5-2-1-3-7-4-5/h1-4H. The molecule has 0 radical (unpaired) electrons. The fourth-order valence-corrected chi connectivity index (χ4v) is 0.393. The Morgan fingerprint density at radius 2 is 2.50 bits per heavy atom. The molecule has 0 aliphatic rings. The van der Waals surface area contributed by atoms with E-state index >= 15 is 0 Å². The molecule has 8 heavy (non-hydrogen) atoms. The fourth-order valence-electron chi connectivity index (χ4n) is 0.393. The average molecular weight is 113 g/mol. The van der Waals surface area contributed by atoms with Crippen molar-refractivity contribution in [2.45, 2.75) is 0 Å². The molecule has 0 unspecified atom stereocenters. The first-order valence-electron chi connectivity index (χ1n) is 2.12. The molecule has 1 aromatic heterocycles. The minimum absolute atomic E-state index is 0.132. The molecule has 0 N–H and O–H groups in total. The Balaban J connectivity index is 2.83. The van der Waals surface area contributed by atoms with E-state index < -0.39 is 0 Å². The van der Waals surface area contributed by atoms with Crippen LogP contribution in [0.1, 0.15) is 0 Å². The molecule has 1 aromatic rings. The summed E-state index contributed by atoms with van der Waals surface area (Å²) in [5, 5.41) is 0. The maximum absolute atomic E-state index is 11.2. The quantitative estimate of drug-likeness (QED) is 0.548. The van der Waals surface area contributed by atoms with Gasteiger partial charge in [-0.05, 0) is 12.1 Å². The fraction of sp³-hybridized carbons (Fsp3) is 0. The number of aromatic nitrogens is 1. The predicted octanol–water partition coefficient (Wildman–Crippen LogP) is 1.34. The van der Waals surface area contributed by atoms with Crippen LogP contribution >= 0.6 is 0 Å². The second-order valence-electron chi connectivity index (χ2n) is 1.27. The summed E-state index contributed by atoms with van der Waals surface area (Å²) in [6.45, 7) is 0. The average Bonchev–Trinajstić information content (AvgIpc) is 1.90. The number of hydrogen-bond donors (Lipinski definition) is 0. The zero-order chi connectivity index (χ0) is 5.82. The van der Waals surface area contributed by atoms with E-state index in [2.05, 4.69) is 9.93 Å². The van der Waals surface area contributed by atoms with Crippen molar-refractivity contribution in [2.75, 3.05) is 0 Å². The van der Waals surface area contributed by atoms with Gasteiger partial charge in [0.1, 0.15) is 0 Å². The molecule has 0 bridgehead atoms. The normalized spacial score (nSPS) is 8.62. The molecule has 1 rings (SSSR count). The van der Waals surface area contributed by atoms with Crippen LogP contribution in [0.3, 0.4) is 0 Å². The smallest absolute Gasteiger partial charge is 0.190 e. The van der Waals surface area contributed by atoms with Crippen LogP contribution in [0.25, 0.3) is 0 Å². The van der Waals surface area contributed by atoms with E-state index in [1.807, 2.05) is 0 Å². The van der Waals surface area contributed by atoms with Crippen molar-refractivity contribution in [3.05, 3.63) is 24.5 Å². The number of halogens is 1. The molecule has 0 spiro atoms. The maximum Gasteiger partial charge on any atom is 0.190 e. The van der Waals surface area contributed by atoms with Crippen molar-refractivity contribution in [1.82, 2.24) is 4.98 Å². The zero-order valence-electron chi connectivity index (χ0n) is 4.04. The summed E-state index contributed by atoms with van der Waals surface area (Å²) in [5.41, 5.74) is 0. The molecule has 0 aliphatic heterocycles. The SMILES string of the molecule is FOc1cccnc1. The highest BCUT2D eigenvalue weighted by molar-refractivity contribution is 5.14. The van der Waals surface area contributed by atoms with E-state index in [1.165, 1.54) is 12.3 Å². The second-order valence-corrected chi connectivity index (χ2v) is 1.27. The Bertz CT molecular complexity index is 154. The summed E-state index contributed by atoms with van der Waals surface area (Å²) < 4.78 is 11.2. The minimum Gasteiger partial charge on any atom is -0.293 e. The van der Waals surface area contributed by atoms with Gasteiger partial charge in [-0.25, -0.2) is 0 Å². The third kappa shape index (κ3) is 0.932. The Labute approximate surface area is 45.8 Å². The molecule has 0 amide bonds. The third-order valence-corrected chi connectivity index (χ3v) is 0.723. The molecule has 0 saturated heterocycles. The largest absolute Gasteiger partial charge is 0.293 e. The molecule has 3 heteroatoms. The van der Waals surface area contributed by atoms with E-state index in [0.29, 0.717) is 0 Å². The summed E-state index contributed by atoms with van der Waals surface area (Å²) in [6.07, 6.45) is 2.84. The predicted molar refractivity (Wildman–Crippen MR) is 26.0 cm³/mol. The summed E-state index contributed by atoms with van der Waals surface area (Å²) >= 11 is 0. The summed E-state index contributed by atoms with van der Waals surface area (Å²) in [6, 6.07) is 3.07. The molecule has 0 atom stereocenters. The molecular weight excluding hydrogens is 109 g/mol. The first-order valence-corrected chi connectivity index (χ1v) is 2.12. The van der Waals surface area contributed by atoms with E-state index in [-0.39, 0.29) is 5.75 Å². The number of nitrogens with zero attached hydrogens (tertiary/aromatic N) is 1. The van der Waals surface area contributed by atoms with Gasteiger partial charge in [0, 0.05) is 10.7 Å². The monoisotopic (exact) mass is 113 g/mol. The van der Waals surface area contributed by atoms with Crippen LogP contribution in [0.2, 0.25) is 0 Å². The van der Waals surface area contributed by atoms with Crippen molar-refractivity contribution in [3.8, 4) is 5.75 Å². The van der Waals surface area contributed by atoms with Gasteiger partial charge in [-0.1, -0.05) is 0 Å².